The van der Waals surface area contributed by atoms with Crippen LogP contribution in [0.3, 0.4) is 0 Å². The lowest BCUT2D eigenvalue weighted by Gasteiger charge is -2.14. The van der Waals surface area contributed by atoms with Crippen molar-refractivity contribution in [1.82, 2.24) is 9.82 Å². The molecule has 0 unspecified atom stereocenters. The number of pyridine rings is 1. The molecule has 1 aromatic carbocycles. The minimum Gasteiger partial charge on any atom is -0.291 e. The van der Waals surface area contributed by atoms with Gasteiger partial charge in [-0.25, -0.2) is 13.4 Å². The van der Waals surface area contributed by atoms with E-state index in [0.29, 0.717) is 17.8 Å². The first-order valence-electron chi connectivity index (χ1n) is 7.09. The fraction of sp³-hybridized carbons (Fsp3) is 0.214. The number of hydrogen-bond donors (Lipinski definition) is 2. The fourth-order valence-corrected chi connectivity index (χ4v) is 3.44. The van der Waals surface area contributed by atoms with Crippen LogP contribution in [-0.4, -0.2) is 18.3 Å². The van der Waals surface area contributed by atoms with Gasteiger partial charge in [-0.15, -0.1) is 4.83 Å². The number of aryl methyl sites for hydroxylation is 1. The smallest absolute Gasteiger partial charge is 0.291 e. The van der Waals surface area contributed by atoms with Crippen LogP contribution in [0.2, 0.25) is 5.02 Å². The number of nitro benzene ring substituents is 1. The third-order valence-corrected chi connectivity index (χ3v) is 5.24. The first-order valence-corrected chi connectivity index (χ1v) is 8.95. The van der Waals surface area contributed by atoms with E-state index in [1.807, 2.05) is 4.83 Å². The molecule has 0 atom stereocenters. The van der Waals surface area contributed by atoms with Crippen molar-refractivity contribution >= 4 is 33.1 Å². The van der Waals surface area contributed by atoms with Gasteiger partial charge in [-0.1, -0.05) is 11.6 Å². The molecule has 0 bridgehead atoms. The summed E-state index contributed by atoms with van der Waals surface area (Å²) in [6.07, 6.45) is -4.18. The summed E-state index contributed by atoms with van der Waals surface area (Å²) in [6, 6.07) is 2.66. The molecular formula is C14H12ClF3N4O4S. The summed E-state index contributed by atoms with van der Waals surface area (Å²) in [6.45, 7) is 2.96. The summed E-state index contributed by atoms with van der Waals surface area (Å²) in [5, 5.41) is 10.5. The summed E-state index contributed by atoms with van der Waals surface area (Å²) < 4.78 is 62.7. The fourth-order valence-electron chi connectivity index (χ4n) is 2.05. The quantitative estimate of drug-likeness (QED) is 0.560. The number of sulfonamides is 1. The van der Waals surface area contributed by atoms with Gasteiger partial charge in [0.15, 0.2) is 5.82 Å². The Morgan fingerprint density at radius 3 is 2.37 bits per heavy atom. The maximum atomic E-state index is 12.6. The molecule has 27 heavy (non-hydrogen) atoms. The van der Waals surface area contributed by atoms with Crippen LogP contribution in [0.15, 0.2) is 29.3 Å². The third kappa shape index (κ3) is 4.64. The summed E-state index contributed by atoms with van der Waals surface area (Å²) in [5.74, 6) is -0.368. The molecule has 0 amide bonds. The number of alkyl halides is 3. The second-order valence-electron chi connectivity index (χ2n) is 5.43. The highest BCUT2D eigenvalue weighted by Crippen LogP contribution is 2.32. The number of nitro groups is 1. The number of non-ortho nitro benzene ring substituents is 1. The molecule has 0 aliphatic heterocycles. The van der Waals surface area contributed by atoms with Crippen molar-refractivity contribution in [2.45, 2.75) is 24.9 Å². The highest BCUT2D eigenvalue weighted by atomic mass is 35.5. The van der Waals surface area contributed by atoms with Gasteiger partial charge in [-0.2, -0.15) is 13.2 Å². The van der Waals surface area contributed by atoms with E-state index in [1.54, 1.807) is 0 Å². The van der Waals surface area contributed by atoms with E-state index < -0.39 is 37.4 Å². The van der Waals surface area contributed by atoms with Crippen molar-refractivity contribution in [3.05, 3.63) is 56.2 Å². The molecule has 0 fully saturated rings. The molecule has 2 N–H and O–H groups in total. The van der Waals surface area contributed by atoms with E-state index >= 15 is 0 Å². The standard InChI is InChI=1S/C14H12ClF3N4O4S/c1-7-3-10(22(23)24)5-12(8(7)2)27(25,26)21-20-13-11(15)4-9(6-19-13)14(16,17)18/h3-6,21H,1-2H3,(H,19,20). The highest BCUT2D eigenvalue weighted by Gasteiger charge is 2.31. The number of aromatic nitrogens is 1. The maximum Gasteiger partial charge on any atom is 0.417 e. The Bertz CT molecular complexity index is 1010. The van der Waals surface area contributed by atoms with Gasteiger partial charge in [0.1, 0.15) is 0 Å². The molecule has 146 valence electrons. The van der Waals surface area contributed by atoms with E-state index in [0.717, 1.165) is 6.07 Å². The van der Waals surface area contributed by atoms with Crippen LogP contribution in [-0.2, 0) is 16.2 Å². The molecule has 13 heteroatoms. The molecule has 1 heterocycles. The Balaban J connectivity index is 2.32. The topological polar surface area (TPSA) is 114 Å². The molecule has 2 aromatic rings. The molecular weight excluding hydrogens is 413 g/mol. The lowest BCUT2D eigenvalue weighted by Crippen LogP contribution is -2.31. The second-order valence-corrected chi connectivity index (χ2v) is 7.48. The SMILES string of the molecule is Cc1cc([N+](=O)[O-])cc(S(=O)(=O)NNc2ncc(C(F)(F)F)cc2Cl)c1C. The molecule has 0 aliphatic carbocycles. The Kier molecular flexibility index (Phi) is 5.63. The average molecular weight is 425 g/mol. The summed E-state index contributed by atoms with van der Waals surface area (Å²) in [5.41, 5.74) is 1.21. The number of anilines is 1. The Hall–Kier alpha value is -2.44. The zero-order valence-corrected chi connectivity index (χ0v) is 15.3. The lowest BCUT2D eigenvalue weighted by atomic mass is 10.1. The van der Waals surface area contributed by atoms with Crippen molar-refractivity contribution < 1.29 is 26.5 Å². The number of rotatable bonds is 5. The molecule has 8 nitrogen and oxygen atoms in total. The van der Waals surface area contributed by atoms with Crippen molar-refractivity contribution in [2.24, 2.45) is 0 Å². The Labute approximate surface area is 156 Å². The maximum absolute atomic E-state index is 12.6. The predicted octanol–water partition coefficient (Wildman–Crippen LogP) is 3.58. The van der Waals surface area contributed by atoms with Gasteiger partial charge in [0.25, 0.3) is 15.7 Å². The van der Waals surface area contributed by atoms with Crippen molar-refractivity contribution in [1.29, 1.82) is 0 Å². The number of hydrazine groups is 1. The van der Waals surface area contributed by atoms with E-state index in [9.17, 15) is 31.7 Å². The van der Waals surface area contributed by atoms with Crippen molar-refractivity contribution in [3.8, 4) is 0 Å². The molecule has 0 saturated heterocycles. The Morgan fingerprint density at radius 2 is 1.85 bits per heavy atom. The average Bonchev–Trinajstić information content (AvgIpc) is 2.54. The van der Waals surface area contributed by atoms with E-state index in [-0.39, 0.29) is 16.3 Å². The van der Waals surface area contributed by atoms with E-state index in [4.69, 9.17) is 11.6 Å². The number of nitrogens with one attached hydrogen (secondary N) is 2. The summed E-state index contributed by atoms with van der Waals surface area (Å²) in [4.78, 5) is 15.1. The number of benzene rings is 1. The van der Waals surface area contributed by atoms with Crippen LogP contribution in [0.25, 0.3) is 0 Å². The van der Waals surface area contributed by atoms with Crippen LogP contribution >= 0.6 is 11.6 Å². The lowest BCUT2D eigenvalue weighted by molar-refractivity contribution is -0.385. The second kappa shape index (κ2) is 7.29. The molecule has 0 saturated carbocycles. The van der Waals surface area contributed by atoms with Crippen LogP contribution in [0, 0.1) is 24.0 Å². The van der Waals surface area contributed by atoms with E-state index in [1.165, 1.54) is 19.9 Å². The first kappa shape index (κ1) is 20.9. The van der Waals surface area contributed by atoms with Gasteiger partial charge in [-0.3, -0.25) is 15.5 Å². The van der Waals surface area contributed by atoms with Crippen molar-refractivity contribution in [3.63, 3.8) is 0 Å². The van der Waals surface area contributed by atoms with Gasteiger partial charge < -0.3 is 0 Å². The van der Waals surface area contributed by atoms with Crippen LogP contribution in [0.4, 0.5) is 24.7 Å². The van der Waals surface area contributed by atoms with Gasteiger partial charge in [-0.05, 0) is 31.0 Å². The molecule has 0 radical (unpaired) electrons. The number of nitrogens with zero attached hydrogens (tertiary/aromatic N) is 2. The van der Waals surface area contributed by atoms with Gasteiger partial charge in [0, 0.05) is 18.3 Å². The number of hydrogen-bond acceptors (Lipinski definition) is 6. The summed E-state index contributed by atoms with van der Waals surface area (Å²) in [7, 11) is -4.31. The van der Waals surface area contributed by atoms with Gasteiger partial charge in [0.05, 0.1) is 20.4 Å². The predicted molar refractivity (Wildman–Crippen MR) is 90.8 cm³/mol. The van der Waals surface area contributed by atoms with Crippen LogP contribution < -0.4 is 10.3 Å². The zero-order valence-electron chi connectivity index (χ0n) is 13.8. The first-order chi connectivity index (χ1) is 12.3. The molecule has 0 aliphatic rings. The van der Waals surface area contributed by atoms with Gasteiger partial charge >= 0.3 is 6.18 Å². The van der Waals surface area contributed by atoms with Crippen LogP contribution in [0.1, 0.15) is 16.7 Å². The highest BCUT2D eigenvalue weighted by molar-refractivity contribution is 7.89. The largest absolute Gasteiger partial charge is 0.417 e. The normalized spacial score (nSPS) is 12.1. The summed E-state index contributed by atoms with van der Waals surface area (Å²) >= 11 is 5.68. The molecule has 1 aromatic heterocycles. The van der Waals surface area contributed by atoms with Crippen molar-refractivity contribution in [2.75, 3.05) is 5.43 Å². The molecule has 0 spiro atoms. The minimum atomic E-state index is -4.66. The van der Waals surface area contributed by atoms with E-state index in [2.05, 4.69) is 10.4 Å². The zero-order chi connectivity index (χ0) is 20.6. The van der Waals surface area contributed by atoms with Crippen LogP contribution in [0.5, 0.6) is 0 Å². The Morgan fingerprint density at radius 1 is 1.22 bits per heavy atom. The monoisotopic (exact) mass is 424 g/mol. The third-order valence-electron chi connectivity index (χ3n) is 3.58. The molecule has 2 rings (SSSR count). The number of halogens is 4. The van der Waals surface area contributed by atoms with Gasteiger partial charge in [0.2, 0.25) is 0 Å². The minimum absolute atomic E-state index is 0.265.